The highest BCUT2D eigenvalue weighted by Gasteiger charge is 2.30. The number of benzene rings is 1. The molecule has 2 heterocycles. The lowest BCUT2D eigenvalue weighted by Crippen LogP contribution is -2.35. The molecule has 0 saturated heterocycles. The number of nitrogens with zero attached hydrogens (tertiary/aromatic N) is 1. The second kappa shape index (κ2) is 5.70. The van der Waals surface area contributed by atoms with Crippen molar-refractivity contribution in [2.75, 3.05) is 12.8 Å². The van der Waals surface area contributed by atoms with Crippen LogP contribution in [-0.2, 0) is 32.8 Å². The molecule has 5 nitrogen and oxygen atoms in total. The summed E-state index contributed by atoms with van der Waals surface area (Å²) in [7, 11) is -7.18. The van der Waals surface area contributed by atoms with Crippen LogP contribution in [0.3, 0.4) is 0 Å². The lowest BCUT2D eigenvalue weighted by Gasteiger charge is -2.27. The van der Waals surface area contributed by atoms with Crippen LogP contribution in [0.25, 0.3) is 0 Å². The zero-order valence-corrected chi connectivity index (χ0v) is 15.3. The number of hydrogen-bond acceptors (Lipinski definition) is 5. The van der Waals surface area contributed by atoms with Gasteiger partial charge < -0.3 is 0 Å². The molecule has 3 rings (SSSR count). The Balaban J connectivity index is 2.04. The first-order valence-corrected chi connectivity index (χ1v) is 11.3. The highest BCUT2D eigenvalue weighted by Crippen LogP contribution is 2.30. The number of thiophene rings is 1. The highest BCUT2D eigenvalue weighted by atomic mass is 32.2. The Kier molecular flexibility index (Phi) is 4.12. The minimum Gasteiger partial charge on any atom is -0.224 e. The third-order valence-electron chi connectivity index (χ3n) is 3.98. The summed E-state index contributed by atoms with van der Waals surface area (Å²) in [5.74, 6) is 0. The third kappa shape index (κ3) is 3.08. The molecule has 0 bridgehead atoms. The Bertz CT molecular complexity index is 958. The van der Waals surface area contributed by atoms with Gasteiger partial charge in [0.15, 0.2) is 9.84 Å². The summed E-state index contributed by atoms with van der Waals surface area (Å²) in [5, 5.41) is 1.97. The maximum atomic E-state index is 13.0. The molecule has 0 aliphatic carbocycles. The zero-order valence-electron chi connectivity index (χ0n) is 12.8. The highest BCUT2D eigenvalue weighted by molar-refractivity contribution is 7.91. The molecule has 0 saturated carbocycles. The predicted molar refractivity (Wildman–Crippen MR) is 89.9 cm³/mol. The van der Waals surface area contributed by atoms with Crippen molar-refractivity contribution in [2.24, 2.45) is 0 Å². The molecular weight excluding hydrogens is 354 g/mol. The monoisotopic (exact) mass is 371 g/mol. The fourth-order valence-electron chi connectivity index (χ4n) is 2.66. The van der Waals surface area contributed by atoms with Gasteiger partial charge in [0, 0.05) is 24.2 Å². The lowest BCUT2D eigenvalue weighted by molar-refractivity contribution is 0.394. The molecule has 0 radical (unpaired) electrons. The number of sulfone groups is 1. The van der Waals surface area contributed by atoms with Crippen molar-refractivity contribution in [1.29, 1.82) is 0 Å². The largest absolute Gasteiger partial charge is 0.243 e. The smallest absolute Gasteiger partial charge is 0.224 e. The SMILES string of the molecule is Cc1ccc(S(C)(=O)=O)cc1S(=O)(=O)N1CCc2sccc2C1. The molecule has 0 amide bonds. The summed E-state index contributed by atoms with van der Waals surface area (Å²) in [6.07, 6.45) is 1.77. The molecule has 2 aromatic rings. The average molecular weight is 372 g/mol. The van der Waals surface area contributed by atoms with Gasteiger partial charge in [-0.15, -0.1) is 11.3 Å². The molecule has 1 aromatic heterocycles. The lowest BCUT2D eigenvalue weighted by atomic mass is 10.1. The van der Waals surface area contributed by atoms with Gasteiger partial charge in [-0.1, -0.05) is 6.07 Å². The van der Waals surface area contributed by atoms with Crippen LogP contribution in [-0.4, -0.2) is 33.9 Å². The van der Waals surface area contributed by atoms with Gasteiger partial charge in [-0.3, -0.25) is 0 Å². The van der Waals surface area contributed by atoms with E-state index in [9.17, 15) is 16.8 Å². The second-order valence-electron chi connectivity index (χ2n) is 5.66. The first kappa shape index (κ1) is 16.6. The zero-order chi connectivity index (χ0) is 16.8. The molecular formula is C15H17NO4S3. The second-order valence-corrected chi connectivity index (χ2v) is 10.6. The molecule has 0 fully saturated rings. The van der Waals surface area contributed by atoms with Crippen molar-refractivity contribution in [3.63, 3.8) is 0 Å². The van der Waals surface area contributed by atoms with E-state index in [-0.39, 0.29) is 9.79 Å². The normalized spacial score (nSPS) is 16.3. The van der Waals surface area contributed by atoms with E-state index in [0.29, 0.717) is 25.1 Å². The van der Waals surface area contributed by atoms with Gasteiger partial charge in [-0.25, -0.2) is 16.8 Å². The fraction of sp³-hybridized carbons (Fsp3) is 0.333. The van der Waals surface area contributed by atoms with E-state index in [1.54, 1.807) is 24.3 Å². The van der Waals surface area contributed by atoms with Gasteiger partial charge in [0.05, 0.1) is 9.79 Å². The molecule has 124 valence electrons. The van der Waals surface area contributed by atoms with Crippen molar-refractivity contribution >= 4 is 31.2 Å². The summed E-state index contributed by atoms with van der Waals surface area (Å²) in [6.45, 7) is 2.43. The Morgan fingerprint density at radius 1 is 1.13 bits per heavy atom. The average Bonchev–Trinajstić information content (AvgIpc) is 2.93. The van der Waals surface area contributed by atoms with E-state index in [2.05, 4.69) is 0 Å². The number of aryl methyl sites for hydroxylation is 1. The first-order chi connectivity index (χ1) is 10.7. The van der Waals surface area contributed by atoms with Crippen molar-refractivity contribution in [3.05, 3.63) is 45.6 Å². The van der Waals surface area contributed by atoms with Gasteiger partial charge >= 0.3 is 0 Å². The van der Waals surface area contributed by atoms with E-state index in [4.69, 9.17) is 0 Å². The molecule has 1 aliphatic heterocycles. The summed E-state index contributed by atoms with van der Waals surface area (Å²) < 4.78 is 50.8. The Labute approximate surface area is 140 Å². The van der Waals surface area contributed by atoms with Crippen LogP contribution in [0.4, 0.5) is 0 Å². The van der Waals surface area contributed by atoms with Gasteiger partial charge in [0.25, 0.3) is 0 Å². The quantitative estimate of drug-likeness (QED) is 0.829. The molecule has 8 heteroatoms. The van der Waals surface area contributed by atoms with Crippen molar-refractivity contribution in [3.8, 4) is 0 Å². The van der Waals surface area contributed by atoms with Crippen molar-refractivity contribution < 1.29 is 16.8 Å². The Hall–Kier alpha value is -1.22. The molecule has 23 heavy (non-hydrogen) atoms. The van der Waals surface area contributed by atoms with Crippen LogP contribution in [0.5, 0.6) is 0 Å². The molecule has 0 N–H and O–H groups in total. The van der Waals surface area contributed by atoms with E-state index in [0.717, 1.165) is 11.8 Å². The molecule has 0 atom stereocenters. The van der Waals surface area contributed by atoms with Crippen LogP contribution < -0.4 is 0 Å². The van der Waals surface area contributed by atoms with Crippen molar-refractivity contribution in [2.45, 2.75) is 29.7 Å². The standard InChI is InChI=1S/C15H17NO4S3/c1-11-3-4-13(22(2,17)18)9-15(11)23(19,20)16-7-5-14-12(10-16)6-8-21-14/h3-4,6,8-9H,5,7,10H2,1-2H3. The summed E-state index contributed by atoms with van der Waals surface area (Å²) in [6, 6.07) is 6.20. The number of fused-ring (bicyclic) bond motifs is 1. The molecule has 0 unspecified atom stereocenters. The van der Waals surface area contributed by atoms with E-state index < -0.39 is 19.9 Å². The maximum absolute atomic E-state index is 13.0. The van der Waals surface area contributed by atoms with Gasteiger partial charge in [0.2, 0.25) is 10.0 Å². The van der Waals surface area contributed by atoms with Crippen molar-refractivity contribution in [1.82, 2.24) is 4.31 Å². The van der Waals surface area contributed by atoms with Gasteiger partial charge in [-0.2, -0.15) is 4.31 Å². The van der Waals surface area contributed by atoms with Crippen LogP contribution in [0.1, 0.15) is 16.0 Å². The summed E-state index contributed by atoms with van der Waals surface area (Å²) in [4.78, 5) is 1.31. The molecule has 0 spiro atoms. The number of rotatable bonds is 3. The Morgan fingerprint density at radius 3 is 2.57 bits per heavy atom. The summed E-state index contributed by atoms with van der Waals surface area (Å²) in [5.41, 5.74) is 1.58. The van der Waals surface area contributed by atoms with Crippen LogP contribution >= 0.6 is 11.3 Å². The number of hydrogen-bond donors (Lipinski definition) is 0. The van der Waals surface area contributed by atoms with E-state index in [1.807, 2.05) is 11.4 Å². The Morgan fingerprint density at radius 2 is 1.87 bits per heavy atom. The van der Waals surface area contributed by atoms with Gasteiger partial charge in [0.1, 0.15) is 0 Å². The minimum absolute atomic E-state index is 0.0231. The predicted octanol–water partition coefficient (Wildman–Crippen LogP) is 2.21. The number of sulfonamides is 1. The van der Waals surface area contributed by atoms with Crippen LogP contribution in [0.2, 0.25) is 0 Å². The summed E-state index contributed by atoms with van der Waals surface area (Å²) >= 11 is 1.64. The fourth-order valence-corrected chi connectivity index (χ4v) is 5.94. The molecule has 1 aromatic carbocycles. The minimum atomic E-state index is -3.72. The topological polar surface area (TPSA) is 71.5 Å². The maximum Gasteiger partial charge on any atom is 0.243 e. The van der Waals surface area contributed by atoms with Crippen LogP contribution in [0, 0.1) is 6.92 Å². The van der Waals surface area contributed by atoms with Gasteiger partial charge in [-0.05, 0) is 48.1 Å². The third-order valence-corrected chi connectivity index (χ3v) is 8.10. The van der Waals surface area contributed by atoms with E-state index >= 15 is 0 Å². The van der Waals surface area contributed by atoms with Crippen LogP contribution in [0.15, 0.2) is 39.4 Å². The van der Waals surface area contributed by atoms with E-state index in [1.165, 1.54) is 21.3 Å². The molecule has 1 aliphatic rings. The first-order valence-electron chi connectivity index (χ1n) is 7.06.